The minimum Gasteiger partial charge on any atom is -0.489 e. The molecular weight excluding hydrogens is 709 g/mol. The van der Waals surface area contributed by atoms with Crippen LogP contribution in [0.25, 0.3) is 0 Å². The molecule has 4 aliphatic rings. The fourth-order valence-corrected chi connectivity index (χ4v) is 10.9. The highest BCUT2D eigenvalue weighted by molar-refractivity contribution is 6.74. The lowest BCUT2D eigenvalue weighted by molar-refractivity contribution is -0.126. The van der Waals surface area contributed by atoms with Crippen LogP contribution in [0, 0.1) is 17.8 Å². The molecule has 0 spiro atoms. The van der Waals surface area contributed by atoms with E-state index in [1.54, 1.807) is 0 Å². The summed E-state index contributed by atoms with van der Waals surface area (Å²) in [6.07, 6.45) is 8.77. The van der Waals surface area contributed by atoms with Crippen LogP contribution in [0.1, 0.15) is 100 Å². The number of hydrogen-bond donors (Lipinski definition) is 2. The lowest BCUT2D eigenvalue weighted by Gasteiger charge is -2.56. The second kappa shape index (κ2) is 17.3. The van der Waals surface area contributed by atoms with Crippen LogP contribution in [0.5, 0.6) is 11.5 Å². The predicted octanol–water partition coefficient (Wildman–Crippen LogP) is 10.8. The quantitative estimate of drug-likeness (QED) is 0.105. The lowest BCUT2D eigenvalue weighted by atomic mass is 9.53. The maximum absolute atomic E-state index is 13.4. The predicted molar refractivity (Wildman–Crippen MR) is 229 cm³/mol. The Morgan fingerprint density at radius 2 is 1.25 bits per heavy atom. The normalized spacial score (nSPS) is 22.7. The first-order valence-electron chi connectivity index (χ1n) is 21.1. The fourth-order valence-electron chi connectivity index (χ4n) is 9.58. The van der Waals surface area contributed by atoms with E-state index in [9.17, 15) is 4.79 Å². The van der Waals surface area contributed by atoms with Gasteiger partial charge in [-0.15, -0.1) is 0 Å². The van der Waals surface area contributed by atoms with Gasteiger partial charge in [-0.3, -0.25) is 4.79 Å². The lowest BCUT2D eigenvalue weighted by Crippen LogP contribution is -2.60. The van der Waals surface area contributed by atoms with E-state index in [0.717, 1.165) is 57.9 Å². The molecule has 0 heterocycles. The Labute approximate surface area is 337 Å². The van der Waals surface area contributed by atoms with Gasteiger partial charge in [0.2, 0.25) is 5.91 Å². The molecule has 0 radical (unpaired) electrons. The zero-order chi connectivity index (χ0) is 39.3. The van der Waals surface area contributed by atoms with Crippen LogP contribution < -0.4 is 20.1 Å². The smallest absolute Gasteiger partial charge is 0.224 e. The molecule has 4 fully saturated rings. The van der Waals surface area contributed by atoms with Crippen molar-refractivity contribution in [3.63, 3.8) is 0 Å². The average molecular weight is 773 g/mol. The van der Waals surface area contributed by atoms with Crippen molar-refractivity contribution in [3.05, 3.63) is 131 Å². The largest absolute Gasteiger partial charge is 0.489 e. The standard InChI is InChI=1S/C49H64N2O4Si/c1-35(20-38-18-13-19-39(21-38)25-47(52)51-49-29-40-22-41(30-49)24-42(23-40)31-49)50-32-46(55-56(5,6)48(2,3)4)43-26-44(53-33-36-14-9-7-10-15-36)28-45(27-43)54-34-37-16-11-8-12-17-37/h7-19,21,26-28,35,40-42,46,50H,20,22-25,29-34H2,1-6H3,(H,51,52)/t35-,40?,41?,42?,46+,49?/m1/s1. The van der Waals surface area contributed by atoms with Crippen molar-refractivity contribution in [2.24, 2.45) is 17.8 Å². The van der Waals surface area contributed by atoms with Gasteiger partial charge in [0.15, 0.2) is 8.32 Å². The minimum atomic E-state index is -2.18. The summed E-state index contributed by atoms with van der Waals surface area (Å²) in [6.45, 7) is 15.3. The number of ether oxygens (including phenoxy) is 2. The fraction of sp³-hybridized carbons (Fsp3) is 0.490. The van der Waals surface area contributed by atoms with Crippen molar-refractivity contribution >= 4 is 14.2 Å². The molecule has 6 nitrogen and oxygen atoms in total. The van der Waals surface area contributed by atoms with E-state index in [1.165, 1.54) is 44.1 Å². The van der Waals surface area contributed by atoms with Crippen LogP contribution in [0.15, 0.2) is 103 Å². The molecule has 4 aromatic carbocycles. The number of hydrogen-bond acceptors (Lipinski definition) is 5. The number of rotatable bonds is 17. The Hall–Kier alpha value is -3.91. The second-order valence-corrected chi connectivity index (χ2v) is 23.7. The van der Waals surface area contributed by atoms with Gasteiger partial charge in [0, 0.05) is 24.2 Å². The van der Waals surface area contributed by atoms with Crippen molar-refractivity contribution in [2.75, 3.05) is 6.54 Å². The molecule has 4 aromatic rings. The van der Waals surface area contributed by atoms with E-state index in [0.29, 0.717) is 26.2 Å². The molecule has 298 valence electrons. The first-order chi connectivity index (χ1) is 26.8. The molecule has 4 aliphatic carbocycles. The van der Waals surface area contributed by atoms with Crippen molar-refractivity contribution in [1.82, 2.24) is 10.6 Å². The summed E-state index contributed by atoms with van der Waals surface area (Å²) in [6, 6.07) is 35.6. The molecule has 0 aromatic heterocycles. The van der Waals surface area contributed by atoms with Crippen LogP contribution >= 0.6 is 0 Å². The highest BCUT2D eigenvalue weighted by Crippen LogP contribution is 2.55. The Morgan fingerprint density at radius 3 is 1.79 bits per heavy atom. The van der Waals surface area contributed by atoms with Gasteiger partial charge < -0.3 is 24.5 Å². The van der Waals surface area contributed by atoms with Crippen LogP contribution in [0.2, 0.25) is 18.1 Å². The second-order valence-electron chi connectivity index (χ2n) is 18.9. The SMILES string of the molecule is C[C@H](Cc1cccc(CC(=O)NC23CC4CC(CC(C4)C2)C3)c1)NC[C@H](O[Si](C)(C)C(C)(C)C)c1cc(OCc2ccccc2)cc(OCc2ccccc2)c1. The van der Waals surface area contributed by atoms with E-state index < -0.39 is 8.32 Å². The van der Waals surface area contributed by atoms with Gasteiger partial charge in [0.1, 0.15) is 24.7 Å². The Balaban J connectivity index is 1.04. The monoisotopic (exact) mass is 772 g/mol. The molecule has 2 N–H and O–H groups in total. The van der Waals surface area contributed by atoms with Crippen LogP contribution in [-0.2, 0) is 35.3 Å². The molecule has 0 saturated heterocycles. The van der Waals surface area contributed by atoms with Gasteiger partial charge in [-0.2, -0.15) is 0 Å². The average Bonchev–Trinajstić information content (AvgIpc) is 3.14. The molecule has 4 bridgehead atoms. The molecule has 4 saturated carbocycles. The Kier molecular flexibility index (Phi) is 12.4. The first-order valence-corrected chi connectivity index (χ1v) is 24.0. The molecule has 7 heteroatoms. The van der Waals surface area contributed by atoms with E-state index in [-0.39, 0.29) is 28.6 Å². The van der Waals surface area contributed by atoms with E-state index >= 15 is 0 Å². The molecule has 0 unspecified atom stereocenters. The number of amides is 1. The molecular formula is C49H64N2O4Si. The number of nitrogens with one attached hydrogen (secondary N) is 2. The van der Waals surface area contributed by atoms with Gasteiger partial charge in [-0.25, -0.2) is 0 Å². The third kappa shape index (κ3) is 10.5. The first kappa shape index (κ1) is 40.3. The third-order valence-electron chi connectivity index (χ3n) is 13.0. The zero-order valence-corrected chi connectivity index (χ0v) is 35.6. The number of benzene rings is 4. The summed E-state index contributed by atoms with van der Waals surface area (Å²) in [5, 5.41) is 7.45. The molecule has 56 heavy (non-hydrogen) atoms. The van der Waals surface area contributed by atoms with Gasteiger partial charge in [0.25, 0.3) is 0 Å². The van der Waals surface area contributed by atoms with E-state index in [1.807, 2.05) is 42.5 Å². The molecule has 2 atom stereocenters. The molecule has 0 aliphatic heterocycles. The van der Waals surface area contributed by atoms with E-state index in [4.69, 9.17) is 13.9 Å². The van der Waals surface area contributed by atoms with Crippen molar-refractivity contribution in [2.45, 2.75) is 128 Å². The Bertz CT molecular complexity index is 1810. The maximum Gasteiger partial charge on any atom is 0.224 e. The van der Waals surface area contributed by atoms with Crippen LogP contribution in [0.4, 0.5) is 0 Å². The van der Waals surface area contributed by atoms with Gasteiger partial charge in [-0.1, -0.05) is 106 Å². The third-order valence-corrected chi connectivity index (χ3v) is 17.5. The highest BCUT2D eigenvalue weighted by Gasteiger charge is 2.51. The van der Waals surface area contributed by atoms with Gasteiger partial charge >= 0.3 is 0 Å². The van der Waals surface area contributed by atoms with E-state index in [2.05, 4.69) is 112 Å². The number of carbonyl (C=O) groups is 1. The van der Waals surface area contributed by atoms with Gasteiger partial charge in [-0.05, 0) is 128 Å². The van der Waals surface area contributed by atoms with Crippen molar-refractivity contribution < 1.29 is 18.7 Å². The minimum absolute atomic E-state index is 0.0351. The van der Waals surface area contributed by atoms with Crippen LogP contribution in [0.3, 0.4) is 0 Å². The molecule has 8 rings (SSSR count). The zero-order valence-electron chi connectivity index (χ0n) is 34.6. The number of carbonyl (C=O) groups excluding carboxylic acids is 1. The van der Waals surface area contributed by atoms with Gasteiger partial charge in [0.05, 0.1) is 12.5 Å². The topological polar surface area (TPSA) is 68.8 Å². The summed E-state index contributed by atoms with van der Waals surface area (Å²) in [4.78, 5) is 13.4. The summed E-state index contributed by atoms with van der Waals surface area (Å²) >= 11 is 0. The summed E-state index contributed by atoms with van der Waals surface area (Å²) in [5.41, 5.74) is 5.64. The highest BCUT2D eigenvalue weighted by atomic mass is 28.4. The summed E-state index contributed by atoms with van der Waals surface area (Å²) in [5.74, 6) is 4.15. The maximum atomic E-state index is 13.4. The van der Waals surface area contributed by atoms with Crippen molar-refractivity contribution in [1.29, 1.82) is 0 Å². The summed E-state index contributed by atoms with van der Waals surface area (Å²) < 4.78 is 20.0. The Morgan fingerprint density at radius 1 is 0.732 bits per heavy atom. The summed E-state index contributed by atoms with van der Waals surface area (Å²) in [7, 11) is -2.18. The van der Waals surface area contributed by atoms with Crippen molar-refractivity contribution in [3.8, 4) is 11.5 Å². The molecule has 1 amide bonds. The van der Waals surface area contributed by atoms with Crippen LogP contribution in [-0.4, -0.2) is 32.4 Å².